The molecule has 0 amide bonds. The molecule has 0 radical (unpaired) electrons. The molecular formula is C14H18O4. The summed E-state index contributed by atoms with van der Waals surface area (Å²) < 4.78 is 5.59. The molecule has 0 heterocycles. The first-order chi connectivity index (χ1) is 8.48. The molecule has 0 aliphatic heterocycles. The lowest BCUT2D eigenvalue weighted by atomic mass is 9.70. The fourth-order valence-electron chi connectivity index (χ4n) is 2.44. The van der Waals surface area contributed by atoms with E-state index in [0.717, 1.165) is 12.8 Å². The smallest absolute Gasteiger partial charge is 0.316 e. The van der Waals surface area contributed by atoms with E-state index in [4.69, 9.17) is 4.74 Å². The summed E-state index contributed by atoms with van der Waals surface area (Å²) in [6, 6.07) is 8.86. The number of benzene rings is 1. The van der Waals surface area contributed by atoms with E-state index in [-0.39, 0.29) is 0 Å². The second-order valence-corrected chi connectivity index (χ2v) is 5.04. The average Bonchev–Trinajstić information content (AvgIpc) is 2.34. The number of para-hydroxylation sites is 1. The van der Waals surface area contributed by atoms with Gasteiger partial charge in [0.2, 0.25) is 5.79 Å². The maximum absolute atomic E-state index is 11.4. The van der Waals surface area contributed by atoms with Crippen molar-refractivity contribution in [3.63, 3.8) is 0 Å². The van der Waals surface area contributed by atoms with Gasteiger partial charge >= 0.3 is 5.97 Å². The van der Waals surface area contributed by atoms with Crippen LogP contribution in [0.2, 0.25) is 0 Å². The van der Waals surface area contributed by atoms with Crippen molar-refractivity contribution < 1.29 is 19.7 Å². The predicted octanol–water partition coefficient (Wildman–Crippen LogP) is 2.42. The number of ether oxygens (including phenoxy) is 1. The molecule has 1 aliphatic rings. The Bertz CT molecular complexity index is 431. The van der Waals surface area contributed by atoms with Crippen LogP contribution in [0.1, 0.15) is 32.6 Å². The molecule has 4 heteroatoms. The highest BCUT2D eigenvalue weighted by molar-refractivity contribution is 5.75. The lowest BCUT2D eigenvalue weighted by molar-refractivity contribution is -0.241. The van der Waals surface area contributed by atoms with Gasteiger partial charge in [-0.25, -0.2) is 0 Å². The topological polar surface area (TPSA) is 66.8 Å². The summed E-state index contributed by atoms with van der Waals surface area (Å²) in [5.41, 5.74) is -1.26. The van der Waals surface area contributed by atoms with Crippen molar-refractivity contribution in [3.05, 3.63) is 30.3 Å². The van der Waals surface area contributed by atoms with E-state index < -0.39 is 17.2 Å². The minimum Gasteiger partial charge on any atom is -0.481 e. The van der Waals surface area contributed by atoms with Crippen LogP contribution in [-0.4, -0.2) is 22.0 Å². The summed E-state index contributed by atoms with van der Waals surface area (Å²) in [5.74, 6) is -2.16. The average molecular weight is 250 g/mol. The lowest BCUT2D eigenvalue weighted by Gasteiger charge is -2.44. The van der Waals surface area contributed by atoms with Gasteiger partial charge in [0.1, 0.15) is 11.2 Å². The highest BCUT2D eigenvalue weighted by Crippen LogP contribution is 2.45. The Morgan fingerprint density at radius 1 is 1.22 bits per heavy atom. The van der Waals surface area contributed by atoms with Gasteiger partial charge in [0, 0.05) is 6.42 Å². The largest absolute Gasteiger partial charge is 0.481 e. The minimum atomic E-state index is -1.64. The van der Waals surface area contributed by atoms with Crippen LogP contribution in [0, 0.1) is 5.41 Å². The van der Waals surface area contributed by atoms with Crippen LogP contribution in [0.15, 0.2) is 30.3 Å². The normalized spacial score (nSPS) is 31.9. The Hall–Kier alpha value is -1.55. The number of aliphatic carboxylic acids is 1. The maximum atomic E-state index is 11.4. The standard InChI is InChI=1S/C14H18O4/c1-13(12(15)16)9-5-6-10-14(13,17)18-11-7-3-2-4-8-11/h2-4,7-8,17H,5-6,9-10H2,1H3,(H,15,16). The first kappa shape index (κ1) is 12.9. The Kier molecular flexibility index (Phi) is 3.30. The summed E-state index contributed by atoms with van der Waals surface area (Å²) >= 11 is 0. The van der Waals surface area contributed by atoms with Crippen LogP contribution in [0.4, 0.5) is 0 Å². The molecule has 1 fully saturated rings. The molecule has 0 spiro atoms. The van der Waals surface area contributed by atoms with E-state index in [2.05, 4.69) is 0 Å². The van der Waals surface area contributed by atoms with Gasteiger partial charge in [-0.3, -0.25) is 4.79 Å². The lowest BCUT2D eigenvalue weighted by Crippen LogP contribution is -2.57. The van der Waals surface area contributed by atoms with E-state index in [0.29, 0.717) is 18.6 Å². The predicted molar refractivity (Wildman–Crippen MR) is 66.2 cm³/mol. The quantitative estimate of drug-likeness (QED) is 0.808. The Morgan fingerprint density at radius 2 is 1.83 bits per heavy atom. The van der Waals surface area contributed by atoms with E-state index in [9.17, 15) is 15.0 Å². The summed E-state index contributed by atoms with van der Waals surface area (Å²) in [6.45, 7) is 1.55. The summed E-state index contributed by atoms with van der Waals surface area (Å²) in [6.07, 6.45) is 2.33. The van der Waals surface area contributed by atoms with Gasteiger partial charge in [-0.05, 0) is 31.9 Å². The fourth-order valence-corrected chi connectivity index (χ4v) is 2.44. The van der Waals surface area contributed by atoms with Crippen LogP contribution in [-0.2, 0) is 4.79 Å². The van der Waals surface area contributed by atoms with Crippen molar-refractivity contribution in [1.82, 2.24) is 0 Å². The molecule has 1 aromatic carbocycles. The number of carboxylic acid groups (broad SMARTS) is 1. The van der Waals surface area contributed by atoms with Crippen LogP contribution in [0.25, 0.3) is 0 Å². The molecule has 0 bridgehead atoms. The van der Waals surface area contributed by atoms with Gasteiger partial charge in [0.05, 0.1) is 0 Å². The van der Waals surface area contributed by atoms with Crippen molar-refractivity contribution >= 4 is 5.97 Å². The van der Waals surface area contributed by atoms with E-state index in [1.807, 2.05) is 6.07 Å². The molecule has 4 nitrogen and oxygen atoms in total. The van der Waals surface area contributed by atoms with Crippen LogP contribution in [0.5, 0.6) is 5.75 Å². The number of carboxylic acids is 1. The fraction of sp³-hybridized carbons (Fsp3) is 0.500. The third-order valence-electron chi connectivity index (χ3n) is 3.81. The SMILES string of the molecule is CC1(C(=O)O)CCCCC1(O)Oc1ccccc1. The van der Waals surface area contributed by atoms with Crippen LogP contribution < -0.4 is 4.74 Å². The molecule has 18 heavy (non-hydrogen) atoms. The van der Waals surface area contributed by atoms with E-state index >= 15 is 0 Å². The molecule has 98 valence electrons. The third-order valence-corrected chi connectivity index (χ3v) is 3.81. The van der Waals surface area contributed by atoms with Crippen LogP contribution in [0.3, 0.4) is 0 Å². The summed E-state index contributed by atoms with van der Waals surface area (Å²) in [4.78, 5) is 11.4. The zero-order valence-electron chi connectivity index (χ0n) is 10.4. The molecule has 0 aromatic heterocycles. The van der Waals surface area contributed by atoms with Crippen molar-refractivity contribution in [2.45, 2.75) is 38.4 Å². The minimum absolute atomic E-state index is 0.338. The first-order valence-corrected chi connectivity index (χ1v) is 6.18. The Balaban J connectivity index is 2.29. The number of aliphatic hydroxyl groups is 1. The van der Waals surface area contributed by atoms with Crippen molar-refractivity contribution in [2.24, 2.45) is 5.41 Å². The number of rotatable bonds is 3. The van der Waals surface area contributed by atoms with Crippen molar-refractivity contribution in [1.29, 1.82) is 0 Å². The van der Waals surface area contributed by atoms with Gasteiger partial charge in [0.15, 0.2) is 0 Å². The first-order valence-electron chi connectivity index (χ1n) is 6.18. The second kappa shape index (κ2) is 4.61. The zero-order chi connectivity index (χ0) is 13.2. The Labute approximate surface area is 106 Å². The number of carbonyl (C=O) groups is 1. The van der Waals surface area contributed by atoms with Crippen molar-refractivity contribution in [2.75, 3.05) is 0 Å². The summed E-state index contributed by atoms with van der Waals surface area (Å²) in [5, 5.41) is 20.0. The molecule has 2 N–H and O–H groups in total. The van der Waals surface area contributed by atoms with Crippen LogP contribution >= 0.6 is 0 Å². The Morgan fingerprint density at radius 3 is 2.44 bits per heavy atom. The van der Waals surface area contributed by atoms with Crippen molar-refractivity contribution in [3.8, 4) is 5.75 Å². The second-order valence-electron chi connectivity index (χ2n) is 5.04. The highest BCUT2D eigenvalue weighted by atomic mass is 16.6. The molecule has 0 saturated heterocycles. The highest BCUT2D eigenvalue weighted by Gasteiger charge is 2.56. The monoisotopic (exact) mass is 250 g/mol. The van der Waals surface area contributed by atoms with Gasteiger partial charge < -0.3 is 14.9 Å². The molecule has 1 aliphatic carbocycles. The zero-order valence-corrected chi connectivity index (χ0v) is 10.4. The number of hydrogen-bond donors (Lipinski definition) is 2. The molecule has 2 atom stereocenters. The van der Waals surface area contributed by atoms with Gasteiger partial charge in [-0.1, -0.05) is 24.6 Å². The molecule has 2 unspecified atom stereocenters. The molecule has 1 saturated carbocycles. The number of hydrogen-bond acceptors (Lipinski definition) is 3. The maximum Gasteiger partial charge on any atom is 0.316 e. The van der Waals surface area contributed by atoms with E-state index in [1.165, 1.54) is 0 Å². The molecule has 1 aromatic rings. The molecule has 2 rings (SSSR count). The van der Waals surface area contributed by atoms with Gasteiger partial charge in [0.25, 0.3) is 0 Å². The van der Waals surface area contributed by atoms with Gasteiger partial charge in [-0.2, -0.15) is 0 Å². The summed E-state index contributed by atoms with van der Waals surface area (Å²) in [7, 11) is 0. The third kappa shape index (κ3) is 2.08. The van der Waals surface area contributed by atoms with E-state index in [1.54, 1.807) is 31.2 Å². The molecular weight excluding hydrogens is 232 g/mol. The van der Waals surface area contributed by atoms with Gasteiger partial charge in [-0.15, -0.1) is 0 Å².